The fourth-order valence-corrected chi connectivity index (χ4v) is 4.73. The number of methoxy groups -OCH3 is 1. The predicted octanol–water partition coefficient (Wildman–Crippen LogP) is 6.70. The number of halogens is 2. The van der Waals surface area contributed by atoms with Gasteiger partial charge in [-0.05, 0) is 56.7 Å². The van der Waals surface area contributed by atoms with Crippen LogP contribution in [0.5, 0.6) is 5.75 Å². The third-order valence-corrected chi connectivity index (χ3v) is 5.63. The minimum atomic E-state index is 0.210. The van der Waals surface area contributed by atoms with E-state index in [4.69, 9.17) is 27.9 Å². The first kappa shape index (κ1) is 20.1. The summed E-state index contributed by atoms with van der Waals surface area (Å²) in [5, 5.41) is 6.96. The lowest BCUT2D eigenvalue weighted by atomic mass is 10.1. The Kier molecular flexibility index (Phi) is 6.40. The number of nitrogens with zero attached hydrogens (tertiary/aromatic N) is 2. The zero-order valence-electron chi connectivity index (χ0n) is 15.5. The van der Waals surface area contributed by atoms with Gasteiger partial charge in [0.2, 0.25) is 0 Å². The van der Waals surface area contributed by atoms with Crippen LogP contribution >= 0.6 is 35.0 Å². The van der Waals surface area contributed by atoms with E-state index in [1.165, 1.54) is 0 Å². The van der Waals surface area contributed by atoms with Gasteiger partial charge in [-0.15, -0.1) is 0 Å². The molecule has 0 bridgehead atoms. The number of rotatable bonds is 6. The van der Waals surface area contributed by atoms with Gasteiger partial charge in [0, 0.05) is 33.0 Å². The highest BCUT2D eigenvalue weighted by molar-refractivity contribution is 7.99. The quantitative estimate of drug-likeness (QED) is 0.444. The van der Waals surface area contributed by atoms with Crippen LogP contribution in [0.2, 0.25) is 10.0 Å². The third-order valence-electron chi connectivity index (χ3n) is 4.10. The summed E-state index contributed by atoms with van der Waals surface area (Å²) in [4.78, 5) is 0.973. The molecule has 3 nitrogen and oxygen atoms in total. The van der Waals surface area contributed by atoms with E-state index >= 15 is 0 Å². The van der Waals surface area contributed by atoms with Gasteiger partial charge in [0.1, 0.15) is 10.8 Å². The fraction of sp³-hybridized carbons (Fsp3) is 0.238. The van der Waals surface area contributed by atoms with Gasteiger partial charge in [-0.1, -0.05) is 47.1 Å². The normalized spacial score (nSPS) is 11.2. The second-order valence-corrected chi connectivity index (χ2v) is 8.44. The topological polar surface area (TPSA) is 27.1 Å². The first-order valence-electron chi connectivity index (χ1n) is 8.57. The number of hydrogen-bond donors (Lipinski definition) is 0. The van der Waals surface area contributed by atoms with Crippen molar-refractivity contribution in [2.45, 2.75) is 36.2 Å². The van der Waals surface area contributed by atoms with Crippen LogP contribution in [-0.4, -0.2) is 16.9 Å². The number of ether oxygens (including phenoxy) is 1. The van der Waals surface area contributed by atoms with Crippen molar-refractivity contribution in [3.8, 4) is 5.75 Å². The van der Waals surface area contributed by atoms with E-state index in [9.17, 15) is 0 Å². The van der Waals surface area contributed by atoms with Gasteiger partial charge in [0.15, 0.2) is 0 Å². The summed E-state index contributed by atoms with van der Waals surface area (Å²) in [6.07, 6.45) is 0.722. The molecular formula is C21H21Cl2N2OS. The van der Waals surface area contributed by atoms with E-state index in [0.717, 1.165) is 38.9 Å². The summed E-state index contributed by atoms with van der Waals surface area (Å²) in [6.45, 7) is 8.39. The lowest BCUT2D eigenvalue weighted by molar-refractivity contribution is 0.414. The molecule has 2 aromatic carbocycles. The number of hydrogen-bond acceptors (Lipinski definition) is 3. The SMILES string of the molecule is [CH2]c1nn(C(C)C)c(Sc2cc(Cl)cc(Cl)c2)c1Cc1cccc(OC)c1. The van der Waals surface area contributed by atoms with Gasteiger partial charge >= 0.3 is 0 Å². The molecule has 1 heterocycles. The van der Waals surface area contributed by atoms with E-state index in [1.54, 1.807) is 24.9 Å². The van der Waals surface area contributed by atoms with E-state index in [0.29, 0.717) is 10.0 Å². The molecule has 1 radical (unpaired) electrons. The molecule has 0 N–H and O–H groups in total. The highest BCUT2D eigenvalue weighted by Crippen LogP contribution is 2.37. The smallest absolute Gasteiger partial charge is 0.119 e. The molecule has 0 atom stereocenters. The lowest BCUT2D eigenvalue weighted by Gasteiger charge is -2.13. The Balaban J connectivity index is 2.02. The first-order valence-corrected chi connectivity index (χ1v) is 10.1. The maximum absolute atomic E-state index is 6.18. The van der Waals surface area contributed by atoms with Crippen LogP contribution in [0.3, 0.4) is 0 Å². The highest BCUT2D eigenvalue weighted by atomic mass is 35.5. The van der Waals surface area contributed by atoms with Crippen LogP contribution in [0.15, 0.2) is 52.4 Å². The van der Waals surface area contributed by atoms with Crippen LogP contribution in [0.25, 0.3) is 0 Å². The average molecular weight is 420 g/mol. The summed E-state index contributed by atoms with van der Waals surface area (Å²) in [5.74, 6) is 0.838. The average Bonchev–Trinajstić information content (AvgIpc) is 2.91. The largest absolute Gasteiger partial charge is 0.497 e. The fourth-order valence-electron chi connectivity index (χ4n) is 2.82. The minimum absolute atomic E-state index is 0.210. The molecule has 0 saturated carbocycles. The Morgan fingerprint density at radius 2 is 1.85 bits per heavy atom. The zero-order valence-corrected chi connectivity index (χ0v) is 17.8. The third kappa shape index (κ3) is 4.81. The summed E-state index contributed by atoms with van der Waals surface area (Å²) in [5.41, 5.74) is 3.02. The van der Waals surface area contributed by atoms with Crippen molar-refractivity contribution in [2.24, 2.45) is 0 Å². The molecule has 6 heteroatoms. The number of aromatic nitrogens is 2. The minimum Gasteiger partial charge on any atom is -0.497 e. The molecule has 0 amide bonds. The van der Waals surface area contributed by atoms with Gasteiger partial charge in [0.25, 0.3) is 0 Å². The first-order chi connectivity index (χ1) is 12.9. The Hall–Kier alpha value is -1.62. The van der Waals surface area contributed by atoms with Crippen molar-refractivity contribution in [2.75, 3.05) is 7.11 Å². The Morgan fingerprint density at radius 3 is 2.48 bits per heavy atom. The van der Waals surface area contributed by atoms with Crippen molar-refractivity contribution in [1.29, 1.82) is 0 Å². The van der Waals surface area contributed by atoms with E-state index in [2.05, 4.69) is 31.9 Å². The summed E-state index contributed by atoms with van der Waals surface area (Å²) >= 11 is 14.0. The molecule has 141 valence electrons. The number of benzene rings is 2. The van der Waals surface area contributed by atoms with Gasteiger partial charge in [-0.2, -0.15) is 5.10 Å². The molecule has 0 spiro atoms. The van der Waals surface area contributed by atoms with Crippen LogP contribution in [-0.2, 0) is 6.42 Å². The summed E-state index contributed by atoms with van der Waals surface area (Å²) < 4.78 is 7.36. The zero-order chi connectivity index (χ0) is 19.6. The maximum Gasteiger partial charge on any atom is 0.119 e. The molecular weight excluding hydrogens is 399 g/mol. The predicted molar refractivity (Wildman–Crippen MR) is 113 cm³/mol. The second kappa shape index (κ2) is 8.59. The van der Waals surface area contributed by atoms with Gasteiger partial charge in [-0.25, -0.2) is 0 Å². The van der Waals surface area contributed by atoms with E-state index < -0.39 is 0 Å². The monoisotopic (exact) mass is 419 g/mol. The molecule has 1 aromatic heterocycles. The molecule has 27 heavy (non-hydrogen) atoms. The van der Waals surface area contributed by atoms with E-state index in [1.807, 2.05) is 35.0 Å². The Labute approximate surface area is 174 Å². The standard InChI is InChI=1S/C21H21Cl2N2OS/c1-13(2)25-21(27-19-11-16(22)10-17(23)12-19)20(14(3)24-25)9-15-6-5-7-18(8-15)26-4/h5-8,10-13H,3,9H2,1-2,4H3. The molecule has 3 rings (SSSR count). The highest BCUT2D eigenvalue weighted by Gasteiger charge is 2.19. The van der Waals surface area contributed by atoms with Crippen molar-refractivity contribution in [1.82, 2.24) is 9.78 Å². The summed E-state index contributed by atoms with van der Waals surface area (Å²) in [6, 6.07) is 13.8. The second-order valence-electron chi connectivity index (χ2n) is 6.50. The van der Waals surface area contributed by atoms with Gasteiger partial charge in [-0.3, -0.25) is 4.68 Å². The van der Waals surface area contributed by atoms with Crippen LogP contribution in [0, 0.1) is 6.92 Å². The lowest BCUT2D eigenvalue weighted by Crippen LogP contribution is -2.05. The van der Waals surface area contributed by atoms with Crippen LogP contribution in [0.4, 0.5) is 0 Å². The summed E-state index contributed by atoms with van der Waals surface area (Å²) in [7, 11) is 1.67. The molecule has 0 aliphatic carbocycles. The van der Waals surface area contributed by atoms with Gasteiger partial charge in [0.05, 0.1) is 12.8 Å². The van der Waals surface area contributed by atoms with Crippen LogP contribution in [0.1, 0.15) is 36.7 Å². The molecule has 3 aromatic rings. The van der Waals surface area contributed by atoms with Gasteiger partial charge < -0.3 is 4.74 Å². The molecule has 0 unspecified atom stereocenters. The van der Waals surface area contributed by atoms with E-state index in [-0.39, 0.29) is 6.04 Å². The molecule has 0 aliphatic rings. The van der Waals surface area contributed by atoms with Crippen molar-refractivity contribution in [3.05, 3.63) is 76.3 Å². The molecule has 0 fully saturated rings. The Morgan fingerprint density at radius 1 is 1.15 bits per heavy atom. The van der Waals surface area contributed by atoms with Crippen LogP contribution < -0.4 is 4.74 Å². The van der Waals surface area contributed by atoms with Crippen molar-refractivity contribution >= 4 is 35.0 Å². The Bertz CT molecular complexity index is 933. The maximum atomic E-state index is 6.18. The van der Waals surface area contributed by atoms with Crippen molar-refractivity contribution in [3.63, 3.8) is 0 Å². The van der Waals surface area contributed by atoms with Crippen molar-refractivity contribution < 1.29 is 4.74 Å². The molecule has 0 saturated heterocycles. The molecule has 0 aliphatic heterocycles.